The second-order valence-electron chi connectivity index (χ2n) is 7.00. The van der Waals surface area contributed by atoms with Crippen molar-refractivity contribution in [1.29, 1.82) is 5.26 Å². The van der Waals surface area contributed by atoms with Gasteiger partial charge in [0.1, 0.15) is 29.7 Å². The van der Waals surface area contributed by atoms with E-state index in [9.17, 15) is 10.1 Å². The highest BCUT2D eigenvalue weighted by Crippen LogP contribution is 2.28. The maximum absolute atomic E-state index is 12.7. The van der Waals surface area contributed by atoms with E-state index in [-0.39, 0.29) is 12.2 Å². The first-order valence-corrected chi connectivity index (χ1v) is 10.5. The Morgan fingerprint density at radius 1 is 1.09 bits per heavy atom. The number of ether oxygens (including phenoxy) is 2. The molecule has 32 heavy (non-hydrogen) atoms. The van der Waals surface area contributed by atoms with Crippen molar-refractivity contribution >= 4 is 29.3 Å². The number of hydrogen-bond donors (Lipinski definition) is 1. The Bertz CT molecular complexity index is 1160. The number of hydrogen-bond acceptors (Lipinski definition) is 4. The van der Waals surface area contributed by atoms with Crippen molar-refractivity contribution in [1.82, 2.24) is 0 Å². The van der Waals surface area contributed by atoms with Crippen molar-refractivity contribution in [2.75, 3.05) is 12.4 Å². The minimum atomic E-state index is -0.492. The Labute approximate surface area is 192 Å². The summed E-state index contributed by atoms with van der Waals surface area (Å²) in [4.78, 5) is 12.7. The summed E-state index contributed by atoms with van der Waals surface area (Å²) in [6.07, 6.45) is 2.41. The third-order valence-electron chi connectivity index (χ3n) is 4.79. The highest BCUT2D eigenvalue weighted by Gasteiger charge is 2.13. The number of methoxy groups -OCH3 is 1. The molecule has 1 N–H and O–H groups in total. The maximum Gasteiger partial charge on any atom is 0.266 e. The molecule has 0 saturated heterocycles. The van der Waals surface area contributed by atoms with Gasteiger partial charge < -0.3 is 14.8 Å². The van der Waals surface area contributed by atoms with E-state index in [1.807, 2.05) is 48.5 Å². The summed E-state index contributed by atoms with van der Waals surface area (Å²) in [5.74, 6) is 0.591. The van der Waals surface area contributed by atoms with Gasteiger partial charge >= 0.3 is 0 Å². The molecule has 0 aliphatic heterocycles. The van der Waals surface area contributed by atoms with Crippen LogP contribution in [-0.2, 0) is 17.8 Å². The first kappa shape index (κ1) is 22.9. The smallest absolute Gasteiger partial charge is 0.266 e. The van der Waals surface area contributed by atoms with Crippen LogP contribution in [0.5, 0.6) is 11.5 Å². The number of anilines is 1. The van der Waals surface area contributed by atoms with E-state index in [2.05, 4.69) is 12.2 Å². The van der Waals surface area contributed by atoms with Crippen LogP contribution in [-0.4, -0.2) is 13.0 Å². The largest absolute Gasteiger partial charge is 0.497 e. The number of benzene rings is 3. The summed E-state index contributed by atoms with van der Waals surface area (Å²) >= 11 is 6.05. The van der Waals surface area contributed by atoms with Crippen LogP contribution in [0, 0.1) is 11.3 Å². The van der Waals surface area contributed by atoms with Gasteiger partial charge in [-0.1, -0.05) is 42.8 Å². The fraction of sp³-hybridized carbons (Fsp3) is 0.154. The third kappa shape index (κ3) is 6.13. The van der Waals surface area contributed by atoms with Gasteiger partial charge in [0.15, 0.2) is 0 Å². The van der Waals surface area contributed by atoms with Crippen LogP contribution in [0.1, 0.15) is 23.6 Å². The molecule has 0 bridgehead atoms. The van der Waals surface area contributed by atoms with E-state index in [0.29, 0.717) is 27.8 Å². The van der Waals surface area contributed by atoms with E-state index in [4.69, 9.17) is 21.1 Å². The molecule has 0 saturated carbocycles. The van der Waals surface area contributed by atoms with Crippen molar-refractivity contribution in [3.63, 3.8) is 0 Å². The molecule has 0 atom stereocenters. The monoisotopic (exact) mass is 446 g/mol. The molecule has 0 radical (unpaired) electrons. The number of aryl methyl sites for hydroxylation is 1. The van der Waals surface area contributed by atoms with Gasteiger partial charge in [0.2, 0.25) is 0 Å². The van der Waals surface area contributed by atoms with Crippen molar-refractivity contribution in [3.05, 3.63) is 94.0 Å². The number of nitriles is 1. The number of rotatable bonds is 8. The number of nitrogens with one attached hydrogen (secondary N) is 1. The summed E-state index contributed by atoms with van der Waals surface area (Å²) in [5, 5.41) is 13.0. The van der Waals surface area contributed by atoms with Gasteiger partial charge in [0.05, 0.1) is 7.11 Å². The minimum absolute atomic E-state index is 0.0395. The van der Waals surface area contributed by atoms with Crippen LogP contribution in [0.2, 0.25) is 5.02 Å². The van der Waals surface area contributed by atoms with Crippen molar-refractivity contribution in [2.45, 2.75) is 20.0 Å². The molecule has 0 aliphatic carbocycles. The summed E-state index contributed by atoms with van der Waals surface area (Å²) in [7, 11) is 1.56. The summed E-state index contributed by atoms with van der Waals surface area (Å²) < 4.78 is 11.3. The van der Waals surface area contributed by atoms with Crippen LogP contribution in [0.3, 0.4) is 0 Å². The lowest BCUT2D eigenvalue weighted by molar-refractivity contribution is -0.112. The number of carbonyl (C=O) groups excluding carboxylic acids is 1. The van der Waals surface area contributed by atoms with E-state index >= 15 is 0 Å². The van der Waals surface area contributed by atoms with Gasteiger partial charge in [-0.25, -0.2) is 0 Å². The topological polar surface area (TPSA) is 71.4 Å². The molecule has 162 valence electrons. The van der Waals surface area contributed by atoms with Crippen molar-refractivity contribution < 1.29 is 14.3 Å². The average Bonchev–Trinajstić information content (AvgIpc) is 2.82. The van der Waals surface area contributed by atoms with E-state index in [1.54, 1.807) is 31.4 Å². The zero-order chi connectivity index (χ0) is 22.9. The van der Waals surface area contributed by atoms with Crippen molar-refractivity contribution in [2.24, 2.45) is 0 Å². The van der Waals surface area contributed by atoms with E-state index in [0.717, 1.165) is 12.0 Å². The molecule has 3 aromatic rings. The van der Waals surface area contributed by atoms with Gasteiger partial charge in [-0.2, -0.15) is 5.26 Å². The average molecular weight is 447 g/mol. The standard InChI is InChI=1S/C26H23ClN2O3/c1-3-18-7-10-23(11-8-18)29-26(30)21(16-28)14-20-9-12-24(31-2)15-25(20)32-17-19-5-4-6-22(27)13-19/h4-15H,3,17H2,1-2H3,(H,29,30)/b21-14+. The Morgan fingerprint density at radius 2 is 1.88 bits per heavy atom. The molecule has 0 aromatic heterocycles. The minimum Gasteiger partial charge on any atom is -0.497 e. The lowest BCUT2D eigenvalue weighted by Gasteiger charge is -2.12. The van der Waals surface area contributed by atoms with Gasteiger partial charge in [0, 0.05) is 22.3 Å². The Hall–Kier alpha value is -3.75. The molecule has 0 aliphatic rings. The molecule has 3 rings (SSSR count). The number of nitrogens with zero attached hydrogens (tertiary/aromatic N) is 1. The lowest BCUT2D eigenvalue weighted by Crippen LogP contribution is -2.13. The summed E-state index contributed by atoms with van der Waals surface area (Å²) in [6.45, 7) is 2.33. The zero-order valence-corrected chi connectivity index (χ0v) is 18.6. The lowest BCUT2D eigenvalue weighted by atomic mass is 10.1. The number of halogens is 1. The molecule has 0 unspecified atom stereocenters. The zero-order valence-electron chi connectivity index (χ0n) is 17.9. The van der Waals surface area contributed by atoms with Crippen LogP contribution in [0.4, 0.5) is 5.69 Å². The highest BCUT2D eigenvalue weighted by molar-refractivity contribution is 6.30. The van der Waals surface area contributed by atoms with Gasteiger partial charge in [-0.05, 0) is 60.0 Å². The van der Waals surface area contributed by atoms with E-state index < -0.39 is 5.91 Å². The maximum atomic E-state index is 12.7. The quantitative estimate of drug-likeness (QED) is 0.338. The number of amides is 1. The molecular weight excluding hydrogens is 424 g/mol. The fourth-order valence-corrected chi connectivity index (χ4v) is 3.21. The normalized spacial score (nSPS) is 10.9. The second kappa shape index (κ2) is 11.0. The molecular formula is C26H23ClN2O3. The number of carbonyl (C=O) groups is 1. The summed E-state index contributed by atoms with van der Waals surface area (Å²) in [5.41, 5.74) is 3.23. The van der Waals surface area contributed by atoms with Gasteiger partial charge in [0.25, 0.3) is 5.91 Å². The highest BCUT2D eigenvalue weighted by atomic mass is 35.5. The van der Waals surface area contributed by atoms with Gasteiger partial charge in [-0.15, -0.1) is 0 Å². The Balaban J connectivity index is 1.83. The molecule has 0 fully saturated rings. The second-order valence-corrected chi connectivity index (χ2v) is 7.43. The van der Waals surface area contributed by atoms with Crippen LogP contribution in [0.15, 0.2) is 72.3 Å². The van der Waals surface area contributed by atoms with Crippen molar-refractivity contribution in [3.8, 4) is 17.6 Å². The molecule has 5 nitrogen and oxygen atoms in total. The van der Waals surface area contributed by atoms with Crippen LogP contribution in [0.25, 0.3) is 6.08 Å². The molecule has 3 aromatic carbocycles. The summed E-state index contributed by atoms with van der Waals surface area (Å²) in [6, 6.07) is 22.0. The third-order valence-corrected chi connectivity index (χ3v) is 5.02. The predicted molar refractivity (Wildman–Crippen MR) is 127 cm³/mol. The first-order chi connectivity index (χ1) is 15.5. The predicted octanol–water partition coefficient (Wildman–Crippen LogP) is 6.04. The molecule has 0 spiro atoms. The van der Waals surface area contributed by atoms with Gasteiger partial charge in [-0.3, -0.25) is 4.79 Å². The van der Waals surface area contributed by atoms with E-state index in [1.165, 1.54) is 11.6 Å². The Kier molecular flexibility index (Phi) is 7.91. The Morgan fingerprint density at radius 3 is 2.53 bits per heavy atom. The molecule has 0 heterocycles. The fourth-order valence-electron chi connectivity index (χ4n) is 3.00. The SMILES string of the molecule is CCc1ccc(NC(=O)/C(C#N)=C/c2ccc(OC)cc2OCc2cccc(Cl)c2)cc1. The molecule has 6 heteroatoms. The van der Waals surface area contributed by atoms with Crippen LogP contribution >= 0.6 is 11.6 Å². The first-order valence-electron chi connectivity index (χ1n) is 10.1. The van der Waals surface area contributed by atoms with Crippen LogP contribution < -0.4 is 14.8 Å². The molecule has 1 amide bonds.